The summed E-state index contributed by atoms with van der Waals surface area (Å²) in [5.41, 5.74) is 0.232. The van der Waals surface area contributed by atoms with Crippen molar-refractivity contribution in [3.8, 4) is 0 Å². The second-order valence-corrected chi connectivity index (χ2v) is 3.76. The third-order valence-electron chi connectivity index (χ3n) is 2.09. The zero-order valence-electron chi connectivity index (χ0n) is 8.81. The Labute approximate surface area is 87.5 Å². The second-order valence-electron chi connectivity index (χ2n) is 3.76. The molecule has 1 aromatic rings. The van der Waals surface area contributed by atoms with Crippen molar-refractivity contribution in [2.24, 2.45) is 0 Å². The molecular weight excluding hydrogens is 200 g/mol. The number of halogens is 2. The van der Waals surface area contributed by atoms with E-state index < -0.39 is 11.6 Å². The summed E-state index contributed by atoms with van der Waals surface area (Å²) < 4.78 is 25.4. The molecule has 0 aliphatic carbocycles. The minimum atomic E-state index is -0.974. The van der Waals surface area contributed by atoms with Gasteiger partial charge in [-0.1, -0.05) is 0 Å². The van der Waals surface area contributed by atoms with Gasteiger partial charge in [0, 0.05) is 5.56 Å². The van der Waals surface area contributed by atoms with Crippen LogP contribution in [0.5, 0.6) is 0 Å². The van der Waals surface area contributed by atoms with Gasteiger partial charge in [0.1, 0.15) is 0 Å². The number of hydrogen-bond donors (Lipinski definition) is 1. The molecule has 0 fully saturated rings. The first-order valence-corrected chi connectivity index (χ1v) is 4.78. The molecule has 0 amide bonds. The first-order chi connectivity index (χ1) is 7.00. The number of rotatable bonds is 4. The molecule has 2 nitrogen and oxygen atoms in total. The highest BCUT2D eigenvalue weighted by molar-refractivity contribution is 5.96. The Balaban J connectivity index is 2.70. The number of ketones is 1. The van der Waals surface area contributed by atoms with Crippen molar-refractivity contribution in [2.75, 3.05) is 20.6 Å². The maximum absolute atomic E-state index is 12.8. The lowest BCUT2D eigenvalue weighted by molar-refractivity contribution is -0.857. The van der Waals surface area contributed by atoms with Crippen LogP contribution in [0.1, 0.15) is 16.8 Å². The molecule has 0 bridgehead atoms. The monoisotopic (exact) mass is 214 g/mol. The van der Waals surface area contributed by atoms with Crippen molar-refractivity contribution < 1.29 is 18.5 Å². The van der Waals surface area contributed by atoms with Gasteiger partial charge in [0.05, 0.1) is 27.1 Å². The first kappa shape index (κ1) is 11.8. The van der Waals surface area contributed by atoms with Crippen molar-refractivity contribution >= 4 is 5.78 Å². The number of hydrogen-bond acceptors (Lipinski definition) is 1. The zero-order valence-corrected chi connectivity index (χ0v) is 8.81. The van der Waals surface area contributed by atoms with Crippen LogP contribution in [0.4, 0.5) is 8.78 Å². The maximum Gasteiger partial charge on any atom is 0.168 e. The molecule has 0 radical (unpaired) electrons. The fraction of sp³-hybridized carbons (Fsp3) is 0.364. The second kappa shape index (κ2) is 4.98. The largest absolute Gasteiger partial charge is 0.339 e. The number of Topliss-reactive ketones (excluding diaryl/α,β-unsaturated/α-hetero) is 1. The van der Waals surface area contributed by atoms with E-state index in [9.17, 15) is 13.6 Å². The predicted octanol–water partition coefficient (Wildman–Crippen LogP) is 0.682. The SMILES string of the molecule is C[NH+](C)CCC(=O)c1ccc(F)c(F)c1. The standard InChI is InChI=1S/C11H13F2NO/c1-14(2)6-5-11(15)8-3-4-9(12)10(13)7-8/h3-4,7H,5-6H2,1-2H3/p+1. The van der Waals surface area contributed by atoms with Gasteiger partial charge in [-0.25, -0.2) is 8.78 Å². The quantitative estimate of drug-likeness (QED) is 0.731. The average molecular weight is 214 g/mol. The minimum Gasteiger partial charge on any atom is -0.339 e. The number of quaternary nitrogens is 1. The fourth-order valence-corrected chi connectivity index (χ4v) is 1.18. The molecule has 0 heterocycles. The number of nitrogens with one attached hydrogen (secondary N) is 1. The Morgan fingerprint density at radius 2 is 1.93 bits per heavy atom. The summed E-state index contributed by atoms with van der Waals surface area (Å²) in [4.78, 5) is 12.7. The normalized spacial score (nSPS) is 10.7. The zero-order chi connectivity index (χ0) is 11.4. The Hall–Kier alpha value is -1.29. The van der Waals surface area contributed by atoms with E-state index in [1.807, 2.05) is 14.1 Å². The van der Waals surface area contributed by atoms with Crippen LogP contribution < -0.4 is 4.90 Å². The molecule has 0 unspecified atom stereocenters. The highest BCUT2D eigenvalue weighted by atomic mass is 19.2. The summed E-state index contributed by atoms with van der Waals surface area (Å²) in [6.07, 6.45) is 0.341. The molecule has 82 valence electrons. The van der Waals surface area contributed by atoms with Gasteiger partial charge in [0.25, 0.3) is 0 Å². The summed E-state index contributed by atoms with van der Waals surface area (Å²) in [7, 11) is 3.86. The van der Waals surface area contributed by atoms with Gasteiger partial charge in [-0.2, -0.15) is 0 Å². The van der Waals surface area contributed by atoms with Crippen LogP contribution in [0, 0.1) is 11.6 Å². The van der Waals surface area contributed by atoms with Crippen molar-refractivity contribution in [1.82, 2.24) is 0 Å². The predicted molar refractivity (Wildman–Crippen MR) is 53.0 cm³/mol. The third kappa shape index (κ3) is 3.40. The first-order valence-electron chi connectivity index (χ1n) is 4.78. The lowest BCUT2D eigenvalue weighted by atomic mass is 10.1. The van der Waals surface area contributed by atoms with E-state index in [1.54, 1.807) is 0 Å². The molecule has 0 aromatic heterocycles. The lowest BCUT2D eigenvalue weighted by Crippen LogP contribution is -3.05. The molecule has 4 heteroatoms. The molecule has 0 saturated heterocycles. The Morgan fingerprint density at radius 1 is 1.27 bits per heavy atom. The smallest absolute Gasteiger partial charge is 0.168 e. The van der Waals surface area contributed by atoms with Gasteiger partial charge in [-0.15, -0.1) is 0 Å². The van der Waals surface area contributed by atoms with Gasteiger partial charge in [0.15, 0.2) is 17.4 Å². The highest BCUT2D eigenvalue weighted by Crippen LogP contribution is 2.10. The van der Waals surface area contributed by atoms with E-state index in [4.69, 9.17) is 0 Å². The van der Waals surface area contributed by atoms with E-state index in [0.717, 1.165) is 17.0 Å². The molecular formula is C11H14F2NO+. The van der Waals surface area contributed by atoms with E-state index >= 15 is 0 Å². The maximum atomic E-state index is 12.8. The number of benzene rings is 1. The van der Waals surface area contributed by atoms with Gasteiger partial charge < -0.3 is 4.90 Å². The molecule has 0 saturated carbocycles. The van der Waals surface area contributed by atoms with Crippen molar-refractivity contribution in [3.63, 3.8) is 0 Å². The van der Waals surface area contributed by atoms with Crippen LogP contribution in [0.25, 0.3) is 0 Å². The Morgan fingerprint density at radius 3 is 2.47 bits per heavy atom. The van der Waals surface area contributed by atoms with Crippen LogP contribution in [-0.2, 0) is 0 Å². The summed E-state index contributed by atoms with van der Waals surface area (Å²) in [6.45, 7) is 0.678. The van der Waals surface area contributed by atoms with Gasteiger partial charge in [0.2, 0.25) is 0 Å². The summed E-state index contributed by atoms with van der Waals surface area (Å²) >= 11 is 0. The topological polar surface area (TPSA) is 21.5 Å². The van der Waals surface area contributed by atoms with E-state index in [-0.39, 0.29) is 11.3 Å². The van der Waals surface area contributed by atoms with Crippen LogP contribution in [0.15, 0.2) is 18.2 Å². The molecule has 0 spiro atoms. The summed E-state index contributed by atoms with van der Waals surface area (Å²) in [5.74, 6) is -2.06. The van der Waals surface area contributed by atoms with Crippen LogP contribution in [0.2, 0.25) is 0 Å². The molecule has 1 rings (SSSR count). The van der Waals surface area contributed by atoms with E-state index in [1.165, 1.54) is 6.07 Å². The minimum absolute atomic E-state index is 0.157. The van der Waals surface area contributed by atoms with Gasteiger partial charge in [-0.3, -0.25) is 4.79 Å². The molecule has 0 aliphatic heterocycles. The lowest BCUT2D eigenvalue weighted by Gasteiger charge is -2.06. The van der Waals surface area contributed by atoms with Gasteiger partial charge >= 0.3 is 0 Å². The van der Waals surface area contributed by atoms with Crippen molar-refractivity contribution in [3.05, 3.63) is 35.4 Å². The molecule has 1 aromatic carbocycles. The van der Waals surface area contributed by atoms with Gasteiger partial charge in [-0.05, 0) is 18.2 Å². The molecule has 0 atom stereocenters. The average Bonchev–Trinajstić information content (AvgIpc) is 2.18. The summed E-state index contributed by atoms with van der Waals surface area (Å²) in [5, 5.41) is 0. The molecule has 0 aliphatic rings. The Kier molecular flexibility index (Phi) is 3.91. The number of carbonyl (C=O) groups is 1. The Bertz CT molecular complexity index is 364. The summed E-state index contributed by atoms with van der Waals surface area (Å²) in [6, 6.07) is 3.24. The van der Waals surface area contributed by atoms with Crippen molar-refractivity contribution in [2.45, 2.75) is 6.42 Å². The van der Waals surface area contributed by atoms with E-state index in [0.29, 0.717) is 13.0 Å². The van der Waals surface area contributed by atoms with Crippen LogP contribution in [-0.4, -0.2) is 26.4 Å². The highest BCUT2D eigenvalue weighted by Gasteiger charge is 2.10. The van der Waals surface area contributed by atoms with E-state index in [2.05, 4.69) is 0 Å². The third-order valence-corrected chi connectivity index (χ3v) is 2.09. The van der Waals surface area contributed by atoms with Crippen molar-refractivity contribution in [1.29, 1.82) is 0 Å². The fourth-order valence-electron chi connectivity index (χ4n) is 1.18. The van der Waals surface area contributed by atoms with Crippen LogP contribution >= 0.6 is 0 Å². The molecule has 1 N–H and O–H groups in total. The number of carbonyl (C=O) groups excluding carboxylic acids is 1. The molecule has 15 heavy (non-hydrogen) atoms. The van der Waals surface area contributed by atoms with Crippen LogP contribution in [0.3, 0.4) is 0 Å².